The first kappa shape index (κ1) is 14.7. The van der Waals surface area contributed by atoms with Crippen LogP contribution in [0.5, 0.6) is 0 Å². The number of aromatic nitrogens is 3. The third-order valence-corrected chi connectivity index (χ3v) is 3.98. The van der Waals surface area contributed by atoms with Crippen LogP contribution in [0.4, 0.5) is 11.8 Å². The van der Waals surface area contributed by atoms with Crippen LogP contribution in [0, 0.1) is 0 Å². The van der Waals surface area contributed by atoms with E-state index in [1.807, 2.05) is 24.4 Å². The van der Waals surface area contributed by atoms with Crippen LogP contribution in [0.3, 0.4) is 0 Å². The number of hydrogen-bond donors (Lipinski definition) is 1. The van der Waals surface area contributed by atoms with E-state index in [-0.39, 0.29) is 0 Å². The van der Waals surface area contributed by atoms with Crippen molar-refractivity contribution in [1.29, 1.82) is 0 Å². The second-order valence-electron chi connectivity index (χ2n) is 5.37. The Morgan fingerprint density at radius 2 is 1.82 bits per heavy atom. The summed E-state index contributed by atoms with van der Waals surface area (Å²) in [5.41, 5.74) is 1.17. The Bertz CT molecular complexity index is 580. The molecule has 1 aliphatic rings. The molecule has 0 aliphatic carbocycles. The van der Waals surface area contributed by atoms with Crippen molar-refractivity contribution in [2.24, 2.45) is 0 Å². The van der Waals surface area contributed by atoms with Crippen LogP contribution in [-0.2, 0) is 6.54 Å². The van der Waals surface area contributed by atoms with Crippen LogP contribution < -0.4 is 10.2 Å². The molecule has 116 valence electrons. The van der Waals surface area contributed by atoms with Crippen LogP contribution >= 0.6 is 0 Å². The lowest BCUT2D eigenvalue weighted by atomic mass is 10.3. The fourth-order valence-corrected chi connectivity index (χ4v) is 2.59. The minimum Gasteiger partial charge on any atom is -0.354 e. The zero-order valence-electron chi connectivity index (χ0n) is 12.9. The molecular formula is C16H22N6. The smallest absolute Gasteiger partial charge is 0.224 e. The van der Waals surface area contributed by atoms with Gasteiger partial charge in [0.25, 0.3) is 0 Å². The Kier molecular flexibility index (Phi) is 4.80. The van der Waals surface area contributed by atoms with Crippen molar-refractivity contribution in [3.05, 3.63) is 42.4 Å². The van der Waals surface area contributed by atoms with Crippen molar-refractivity contribution >= 4 is 11.8 Å². The minimum absolute atomic E-state index is 0.673. The van der Waals surface area contributed by atoms with Crippen molar-refractivity contribution < 1.29 is 0 Å². The Morgan fingerprint density at radius 3 is 2.55 bits per heavy atom. The molecule has 0 atom stereocenters. The predicted octanol–water partition coefficient (Wildman–Crippen LogP) is 1.63. The molecule has 1 saturated heterocycles. The average molecular weight is 298 g/mol. The fraction of sp³-hybridized carbons (Fsp3) is 0.438. The number of nitrogens with one attached hydrogen (secondary N) is 1. The Hall–Kier alpha value is -2.21. The summed E-state index contributed by atoms with van der Waals surface area (Å²) in [6.07, 6.45) is 5.41. The molecule has 1 fully saturated rings. The van der Waals surface area contributed by atoms with E-state index in [9.17, 15) is 0 Å². The maximum Gasteiger partial charge on any atom is 0.224 e. The Morgan fingerprint density at radius 1 is 1.05 bits per heavy atom. The molecule has 6 nitrogen and oxygen atoms in total. The second kappa shape index (κ2) is 7.17. The number of anilines is 2. The van der Waals surface area contributed by atoms with Gasteiger partial charge in [-0.15, -0.1) is 0 Å². The molecule has 0 bridgehead atoms. The number of likely N-dealkylation sites (N-methyl/N-ethyl adjacent to an activating group) is 1. The Labute approximate surface area is 131 Å². The van der Waals surface area contributed by atoms with E-state index in [1.54, 1.807) is 12.4 Å². The first-order chi connectivity index (χ1) is 10.8. The molecule has 0 amide bonds. The van der Waals surface area contributed by atoms with Gasteiger partial charge in [0.2, 0.25) is 5.95 Å². The first-order valence-corrected chi connectivity index (χ1v) is 7.78. The Balaban J connectivity index is 1.60. The van der Waals surface area contributed by atoms with Gasteiger partial charge >= 0.3 is 0 Å². The molecule has 1 N–H and O–H groups in total. The molecule has 6 heteroatoms. The van der Waals surface area contributed by atoms with E-state index < -0.39 is 0 Å². The topological polar surface area (TPSA) is 57.2 Å². The largest absolute Gasteiger partial charge is 0.354 e. The van der Waals surface area contributed by atoms with Crippen molar-refractivity contribution in [2.45, 2.75) is 13.5 Å². The summed E-state index contributed by atoms with van der Waals surface area (Å²) in [6, 6.07) is 5.96. The number of rotatable bonds is 5. The molecule has 1 aliphatic heterocycles. The number of hydrogen-bond acceptors (Lipinski definition) is 6. The summed E-state index contributed by atoms with van der Waals surface area (Å²) in [5, 5.41) is 3.27. The van der Waals surface area contributed by atoms with Crippen LogP contribution in [-0.4, -0.2) is 52.6 Å². The highest BCUT2D eigenvalue weighted by Gasteiger charge is 2.17. The van der Waals surface area contributed by atoms with Gasteiger partial charge in [-0.25, -0.2) is 4.98 Å². The van der Waals surface area contributed by atoms with Crippen LogP contribution in [0.2, 0.25) is 0 Å². The summed E-state index contributed by atoms with van der Waals surface area (Å²) >= 11 is 0. The van der Waals surface area contributed by atoms with Gasteiger partial charge in [-0.05, 0) is 30.3 Å². The highest BCUT2D eigenvalue weighted by molar-refractivity contribution is 5.43. The molecule has 2 aromatic heterocycles. The van der Waals surface area contributed by atoms with Gasteiger partial charge in [-0.2, -0.15) is 4.98 Å². The van der Waals surface area contributed by atoms with Crippen LogP contribution in [0.25, 0.3) is 0 Å². The van der Waals surface area contributed by atoms with Gasteiger partial charge in [0.1, 0.15) is 5.82 Å². The number of piperazine rings is 1. The quantitative estimate of drug-likeness (QED) is 0.905. The molecular weight excluding hydrogens is 276 g/mol. The van der Waals surface area contributed by atoms with Crippen LogP contribution in [0.15, 0.2) is 36.8 Å². The third kappa shape index (κ3) is 3.71. The van der Waals surface area contributed by atoms with Gasteiger partial charge < -0.3 is 15.1 Å². The molecule has 22 heavy (non-hydrogen) atoms. The van der Waals surface area contributed by atoms with E-state index in [2.05, 4.69) is 37.0 Å². The van der Waals surface area contributed by atoms with Crippen molar-refractivity contribution in [3.63, 3.8) is 0 Å². The number of pyridine rings is 1. The lowest BCUT2D eigenvalue weighted by Gasteiger charge is -2.34. The van der Waals surface area contributed by atoms with Crippen molar-refractivity contribution in [3.8, 4) is 0 Å². The molecule has 3 heterocycles. The zero-order chi connectivity index (χ0) is 15.2. The van der Waals surface area contributed by atoms with Gasteiger partial charge in [-0.3, -0.25) is 4.98 Å². The van der Waals surface area contributed by atoms with E-state index in [0.29, 0.717) is 12.5 Å². The third-order valence-electron chi connectivity index (χ3n) is 3.98. The number of nitrogens with zero attached hydrogens (tertiary/aromatic N) is 5. The minimum atomic E-state index is 0.673. The molecule has 0 saturated carbocycles. The molecule has 0 radical (unpaired) electrons. The van der Waals surface area contributed by atoms with E-state index in [0.717, 1.165) is 38.5 Å². The molecule has 0 aromatic carbocycles. The summed E-state index contributed by atoms with van der Waals surface area (Å²) in [7, 11) is 0. The van der Waals surface area contributed by atoms with Gasteiger partial charge in [-0.1, -0.05) is 6.92 Å². The van der Waals surface area contributed by atoms with E-state index in [4.69, 9.17) is 0 Å². The fourth-order valence-electron chi connectivity index (χ4n) is 2.59. The maximum atomic E-state index is 4.63. The average Bonchev–Trinajstić information content (AvgIpc) is 2.61. The first-order valence-electron chi connectivity index (χ1n) is 7.78. The van der Waals surface area contributed by atoms with Crippen LogP contribution in [0.1, 0.15) is 12.5 Å². The molecule has 2 aromatic rings. The highest BCUT2D eigenvalue weighted by atomic mass is 15.3. The predicted molar refractivity (Wildman–Crippen MR) is 87.9 cm³/mol. The SMILES string of the molecule is CCN1CCN(c2ccnc(NCc3ccncc3)n2)CC1. The summed E-state index contributed by atoms with van der Waals surface area (Å²) in [5.74, 6) is 1.68. The monoisotopic (exact) mass is 298 g/mol. The maximum absolute atomic E-state index is 4.63. The lowest BCUT2D eigenvalue weighted by molar-refractivity contribution is 0.270. The summed E-state index contributed by atoms with van der Waals surface area (Å²) < 4.78 is 0. The van der Waals surface area contributed by atoms with Gasteiger partial charge in [0, 0.05) is 51.3 Å². The van der Waals surface area contributed by atoms with E-state index >= 15 is 0 Å². The van der Waals surface area contributed by atoms with Crippen molar-refractivity contribution in [2.75, 3.05) is 42.9 Å². The molecule has 0 spiro atoms. The zero-order valence-corrected chi connectivity index (χ0v) is 12.9. The lowest BCUT2D eigenvalue weighted by Crippen LogP contribution is -2.46. The van der Waals surface area contributed by atoms with Gasteiger partial charge in [0.15, 0.2) is 0 Å². The van der Waals surface area contributed by atoms with E-state index in [1.165, 1.54) is 5.56 Å². The molecule has 0 unspecified atom stereocenters. The molecule has 3 rings (SSSR count). The van der Waals surface area contributed by atoms with Gasteiger partial charge in [0.05, 0.1) is 0 Å². The summed E-state index contributed by atoms with van der Waals surface area (Å²) in [6.45, 7) is 8.28. The van der Waals surface area contributed by atoms with Crippen molar-refractivity contribution in [1.82, 2.24) is 19.9 Å². The normalized spacial score (nSPS) is 15.8. The highest BCUT2D eigenvalue weighted by Crippen LogP contribution is 2.15. The standard InChI is InChI=1S/C16H22N6/c1-2-21-9-11-22(12-10-21)15-5-8-18-16(20-15)19-13-14-3-6-17-7-4-14/h3-8H,2,9-13H2,1H3,(H,18,19,20). The summed E-state index contributed by atoms with van der Waals surface area (Å²) in [4.78, 5) is 17.7. The second-order valence-corrected chi connectivity index (χ2v) is 5.37.